The quantitative estimate of drug-likeness (QED) is 0.462. The summed E-state index contributed by atoms with van der Waals surface area (Å²) in [4.78, 5) is 14.2. The third kappa shape index (κ3) is 2.69. The van der Waals surface area contributed by atoms with Gasteiger partial charge in [0, 0.05) is 23.5 Å². The molecule has 0 bridgehead atoms. The first-order valence-electron chi connectivity index (χ1n) is 5.47. The Bertz CT molecular complexity index is 402. The maximum Gasteiger partial charge on any atom is 0.172 e. The number of ketones is 1. The van der Waals surface area contributed by atoms with Crippen molar-refractivity contribution in [2.75, 3.05) is 5.75 Å². The summed E-state index contributed by atoms with van der Waals surface area (Å²) in [5.74, 6) is 5.10. The minimum atomic E-state index is 0.264. The molecule has 2 rings (SSSR count). The van der Waals surface area contributed by atoms with Crippen LogP contribution in [0.15, 0.2) is 6.07 Å². The summed E-state index contributed by atoms with van der Waals surface area (Å²) in [5.41, 5.74) is 1.38. The maximum atomic E-state index is 11.9. The molecule has 0 amide bonds. The molecule has 0 aromatic carbocycles. The molecule has 0 unspecified atom stereocenters. The number of carbonyl (C=O) groups excluding carboxylic acids is 1. The summed E-state index contributed by atoms with van der Waals surface area (Å²) in [5, 5.41) is 0. The van der Waals surface area contributed by atoms with Crippen molar-refractivity contribution in [1.82, 2.24) is 0 Å². The number of terminal acetylenes is 1. The van der Waals surface area contributed by atoms with Crippen LogP contribution in [-0.4, -0.2) is 11.5 Å². The molecule has 84 valence electrons. The Morgan fingerprint density at radius 1 is 1.56 bits per heavy atom. The number of carbonyl (C=O) groups is 1. The molecule has 16 heavy (non-hydrogen) atoms. The molecule has 0 aliphatic carbocycles. The van der Waals surface area contributed by atoms with Crippen LogP contribution in [0.1, 0.15) is 39.4 Å². The fraction of sp³-hybridized carbons (Fsp3) is 0.462. The average molecular weight is 250 g/mol. The summed E-state index contributed by atoms with van der Waals surface area (Å²) >= 11 is 3.64. The van der Waals surface area contributed by atoms with Crippen LogP contribution in [0.25, 0.3) is 0 Å². The average Bonchev–Trinajstić information content (AvgIpc) is 2.73. The van der Waals surface area contributed by atoms with Gasteiger partial charge in [-0.2, -0.15) is 11.8 Å². The molecule has 0 atom stereocenters. The number of hydrogen-bond acceptors (Lipinski definition) is 3. The van der Waals surface area contributed by atoms with Crippen LogP contribution in [0.5, 0.6) is 0 Å². The van der Waals surface area contributed by atoms with E-state index in [1.54, 1.807) is 11.3 Å². The minimum absolute atomic E-state index is 0.264. The molecule has 1 aromatic rings. The Morgan fingerprint density at radius 2 is 2.44 bits per heavy atom. The highest BCUT2D eigenvalue weighted by atomic mass is 32.2. The Kier molecular flexibility index (Phi) is 4.09. The fourth-order valence-electron chi connectivity index (χ4n) is 1.76. The van der Waals surface area contributed by atoms with E-state index in [1.165, 1.54) is 16.2 Å². The van der Waals surface area contributed by atoms with E-state index < -0.39 is 0 Å². The molecule has 0 saturated heterocycles. The molecule has 0 fully saturated rings. The van der Waals surface area contributed by atoms with Crippen molar-refractivity contribution < 1.29 is 4.79 Å². The van der Waals surface area contributed by atoms with Crippen molar-refractivity contribution in [3.8, 4) is 12.3 Å². The lowest BCUT2D eigenvalue weighted by molar-refractivity contribution is 0.0984. The molecular weight excluding hydrogens is 236 g/mol. The highest BCUT2D eigenvalue weighted by Crippen LogP contribution is 2.32. The highest BCUT2D eigenvalue weighted by Gasteiger charge is 2.16. The number of thioether (sulfide) groups is 1. The van der Waals surface area contributed by atoms with Crippen LogP contribution in [0.3, 0.4) is 0 Å². The molecule has 1 aromatic heterocycles. The lowest BCUT2D eigenvalue weighted by Gasteiger charge is -2.08. The molecular formula is C13H14OS2. The third-order valence-electron chi connectivity index (χ3n) is 2.63. The van der Waals surface area contributed by atoms with Gasteiger partial charge in [0.2, 0.25) is 0 Å². The number of rotatable bonds is 4. The van der Waals surface area contributed by atoms with Gasteiger partial charge in [-0.15, -0.1) is 23.7 Å². The normalized spacial score (nSPS) is 14.2. The van der Waals surface area contributed by atoms with Gasteiger partial charge in [-0.1, -0.05) is 0 Å². The van der Waals surface area contributed by atoms with E-state index in [0.717, 1.165) is 23.5 Å². The zero-order valence-electron chi connectivity index (χ0n) is 9.12. The second kappa shape index (κ2) is 5.56. The first-order valence-corrected chi connectivity index (χ1v) is 7.44. The van der Waals surface area contributed by atoms with Crippen molar-refractivity contribution >= 4 is 28.9 Å². The van der Waals surface area contributed by atoms with E-state index in [-0.39, 0.29) is 5.78 Å². The van der Waals surface area contributed by atoms with Gasteiger partial charge >= 0.3 is 0 Å². The summed E-state index contributed by atoms with van der Waals surface area (Å²) in [6.07, 6.45) is 8.41. The molecule has 3 heteroatoms. The summed E-state index contributed by atoms with van der Waals surface area (Å²) in [6.45, 7) is 0. The van der Waals surface area contributed by atoms with Crippen LogP contribution >= 0.6 is 23.1 Å². The number of hydrogen-bond donors (Lipinski definition) is 0. The number of aryl methyl sites for hydroxylation is 1. The van der Waals surface area contributed by atoms with Crippen LogP contribution in [0.2, 0.25) is 0 Å². The molecule has 1 aliphatic rings. The molecule has 1 nitrogen and oxygen atoms in total. The van der Waals surface area contributed by atoms with Gasteiger partial charge in [-0.05, 0) is 30.2 Å². The predicted octanol–water partition coefficient (Wildman–Crippen LogP) is 3.52. The van der Waals surface area contributed by atoms with Crippen molar-refractivity contribution in [2.45, 2.75) is 31.4 Å². The second-order valence-electron chi connectivity index (χ2n) is 3.84. The van der Waals surface area contributed by atoms with Crippen LogP contribution in [0.4, 0.5) is 0 Å². The van der Waals surface area contributed by atoms with Gasteiger partial charge in [0.1, 0.15) is 0 Å². The monoisotopic (exact) mass is 250 g/mol. The topological polar surface area (TPSA) is 17.1 Å². The predicted molar refractivity (Wildman–Crippen MR) is 71.2 cm³/mol. The Morgan fingerprint density at radius 3 is 3.19 bits per heavy atom. The first kappa shape index (κ1) is 11.8. The summed E-state index contributed by atoms with van der Waals surface area (Å²) < 4.78 is 0. The number of fused-ring (bicyclic) bond motifs is 1. The molecule has 2 heterocycles. The van der Waals surface area contributed by atoms with E-state index in [0.29, 0.717) is 12.8 Å². The largest absolute Gasteiger partial charge is 0.293 e. The molecule has 0 spiro atoms. The van der Waals surface area contributed by atoms with Crippen molar-refractivity contribution in [1.29, 1.82) is 0 Å². The standard InChI is InChI=1S/C13H14OS2/c1-2-3-4-5-11(14)13-8-10-9-15-7-6-12(10)16-13/h1,8H,3-7,9H2. The lowest BCUT2D eigenvalue weighted by atomic mass is 10.1. The van der Waals surface area contributed by atoms with Crippen LogP contribution in [0, 0.1) is 12.3 Å². The van der Waals surface area contributed by atoms with Gasteiger partial charge in [0.25, 0.3) is 0 Å². The Labute approximate surface area is 105 Å². The van der Waals surface area contributed by atoms with Crippen LogP contribution in [-0.2, 0) is 12.2 Å². The first-order chi connectivity index (χ1) is 7.81. The number of Topliss-reactive ketones (excluding diaryl/α,β-unsaturated/α-hetero) is 1. The van der Waals surface area contributed by atoms with E-state index in [4.69, 9.17) is 6.42 Å². The number of unbranched alkanes of at least 4 members (excludes halogenated alkanes) is 1. The van der Waals surface area contributed by atoms with E-state index in [9.17, 15) is 4.79 Å². The van der Waals surface area contributed by atoms with Gasteiger partial charge in [0.15, 0.2) is 5.78 Å². The second-order valence-corrected chi connectivity index (χ2v) is 6.08. The molecule has 0 saturated carbocycles. The molecule has 0 radical (unpaired) electrons. The van der Waals surface area contributed by atoms with Crippen molar-refractivity contribution in [2.24, 2.45) is 0 Å². The molecule has 0 N–H and O–H groups in total. The van der Waals surface area contributed by atoms with Gasteiger partial charge in [-0.3, -0.25) is 4.79 Å². The SMILES string of the molecule is C#CCCCC(=O)c1cc2c(s1)CCSC2. The zero-order chi connectivity index (χ0) is 11.4. The van der Waals surface area contributed by atoms with E-state index in [2.05, 4.69) is 12.0 Å². The summed E-state index contributed by atoms with van der Waals surface area (Å²) in [6, 6.07) is 2.09. The third-order valence-corrected chi connectivity index (χ3v) is 4.91. The van der Waals surface area contributed by atoms with Crippen molar-refractivity contribution in [3.05, 3.63) is 21.4 Å². The van der Waals surface area contributed by atoms with E-state index in [1.807, 2.05) is 11.8 Å². The highest BCUT2D eigenvalue weighted by molar-refractivity contribution is 7.98. The smallest absolute Gasteiger partial charge is 0.172 e. The van der Waals surface area contributed by atoms with Gasteiger partial charge in [-0.25, -0.2) is 0 Å². The zero-order valence-corrected chi connectivity index (χ0v) is 10.8. The van der Waals surface area contributed by atoms with Gasteiger partial charge in [0.05, 0.1) is 4.88 Å². The fourth-order valence-corrected chi connectivity index (χ4v) is 4.10. The van der Waals surface area contributed by atoms with Crippen molar-refractivity contribution in [3.63, 3.8) is 0 Å². The minimum Gasteiger partial charge on any atom is -0.293 e. The summed E-state index contributed by atoms with van der Waals surface area (Å²) in [7, 11) is 0. The molecule has 1 aliphatic heterocycles. The lowest BCUT2D eigenvalue weighted by Crippen LogP contribution is -1.96. The Balaban J connectivity index is 2.01. The maximum absolute atomic E-state index is 11.9. The Hall–Kier alpha value is -0.720. The van der Waals surface area contributed by atoms with Crippen LogP contribution < -0.4 is 0 Å². The number of thiophene rings is 1. The van der Waals surface area contributed by atoms with Gasteiger partial charge < -0.3 is 0 Å². The van der Waals surface area contributed by atoms with E-state index >= 15 is 0 Å².